The summed E-state index contributed by atoms with van der Waals surface area (Å²) in [5, 5.41) is 4.15. The summed E-state index contributed by atoms with van der Waals surface area (Å²) in [5.41, 5.74) is 8.02. The molecule has 1 aliphatic heterocycles. The molecular weight excluding hydrogens is 424 g/mol. The number of hydrogen-bond donors (Lipinski definition) is 0. The van der Waals surface area contributed by atoms with Gasteiger partial charge in [0.15, 0.2) is 11.5 Å². The summed E-state index contributed by atoms with van der Waals surface area (Å²) in [6, 6.07) is 17.1. The van der Waals surface area contributed by atoms with E-state index in [1.54, 1.807) is 7.11 Å². The molecule has 0 N–H and O–H groups in total. The number of anilines is 1. The Bertz CT molecular complexity index is 1210. The van der Waals surface area contributed by atoms with Crippen molar-refractivity contribution < 1.29 is 14.0 Å². The maximum absolute atomic E-state index is 6.35. The highest BCUT2D eigenvalue weighted by molar-refractivity contribution is 5.67. The highest BCUT2D eigenvalue weighted by atomic mass is 16.5. The Balaban J connectivity index is 1.59. The second-order valence-electron chi connectivity index (χ2n) is 8.67. The first-order valence-electron chi connectivity index (χ1n) is 12.0. The van der Waals surface area contributed by atoms with Crippen LogP contribution in [0.5, 0.6) is 0 Å². The number of aryl methyl sites for hydroxylation is 2. The predicted molar refractivity (Wildman–Crippen MR) is 136 cm³/mol. The Kier molecular flexibility index (Phi) is 7.11. The number of methoxy groups -OCH3 is 1. The lowest BCUT2D eigenvalue weighted by Crippen LogP contribution is -2.38. The number of ether oxygens (including phenoxy) is 2. The number of allylic oxidation sites excluding steroid dienone is 2. The van der Waals surface area contributed by atoms with Gasteiger partial charge in [-0.05, 0) is 55.9 Å². The van der Waals surface area contributed by atoms with Crippen molar-refractivity contribution in [2.75, 3.05) is 12.0 Å². The first-order chi connectivity index (χ1) is 16.5. The van der Waals surface area contributed by atoms with Crippen LogP contribution in [0.4, 0.5) is 5.88 Å². The van der Waals surface area contributed by atoms with Crippen molar-refractivity contribution in [3.63, 3.8) is 0 Å². The van der Waals surface area contributed by atoms with Gasteiger partial charge in [-0.15, -0.1) is 0 Å². The fourth-order valence-corrected chi connectivity index (χ4v) is 4.54. The molecule has 1 atom stereocenters. The minimum Gasteiger partial charge on any atom is -0.495 e. The third-order valence-electron chi connectivity index (χ3n) is 6.58. The van der Waals surface area contributed by atoms with Crippen LogP contribution >= 0.6 is 0 Å². The van der Waals surface area contributed by atoms with E-state index >= 15 is 0 Å². The minimum absolute atomic E-state index is 0.0716. The summed E-state index contributed by atoms with van der Waals surface area (Å²) >= 11 is 0. The maximum Gasteiger partial charge on any atom is 0.235 e. The Morgan fingerprint density at radius 1 is 1.03 bits per heavy atom. The zero-order valence-electron chi connectivity index (χ0n) is 21.0. The lowest BCUT2D eigenvalue weighted by atomic mass is 9.96. The van der Waals surface area contributed by atoms with E-state index < -0.39 is 0 Å². The first-order valence-corrected chi connectivity index (χ1v) is 12.0. The van der Waals surface area contributed by atoms with Gasteiger partial charge in [0.05, 0.1) is 18.8 Å². The average molecular weight is 459 g/mol. The second kappa shape index (κ2) is 10.2. The van der Waals surface area contributed by atoms with E-state index in [2.05, 4.69) is 79.4 Å². The van der Waals surface area contributed by atoms with Crippen molar-refractivity contribution in [3.8, 4) is 11.1 Å². The third kappa shape index (κ3) is 4.47. The zero-order valence-corrected chi connectivity index (χ0v) is 21.0. The molecule has 0 saturated heterocycles. The lowest BCUT2D eigenvalue weighted by Gasteiger charge is -2.35. The van der Waals surface area contributed by atoms with E-state index in [9.17, 15) is 0 Å². The van der Waals surface area contributed by atoms with Crippen molar-refractivity contribution in [1.82, 2.24) is 5.16 Å². The summed E-state index contributed by atoms with van der Waals surface area (Å²) in [7, 11) is 1.69. The summed E-state index contributed by atoms with van der Waals surface area (Å²) < 4.78 is 17.9. The van der Waals surface area contributed by atoms with Crippen LogP contribution in [0.2, 0.25) is 0 Å². The van der Waals surface area contributed by atoms with Crippen molar-refractivity contribution in [1.29, 1.82) is 0 Å². The number of hydrogen-bond acceptors (Lipinski definition) is 5. The lowest BCUT2D eigenvalue weighted by molar-refractivity contribution is 0.164. The van der Waals surface area contributed by atoms with Gasteiger partial charge in [0.1, 0.15) is 6.61 Å². The maximum atomic E-state index is 6.35. The molecule has 34 heavy (non-hydrogen) atoms. The molecule has 0 fully saturated rings. The van der Waals surface area contributed by atoms with Gasteiger partial charge in [-0.1, -0.05) is 67.5 Å². The van der Waals surface area contributed by atoms with E-state index in [0.29, 0.717) is 6.61 Å². The molecule has 4 rings (SSSR count). The predicted octanol–water partition coefficient (Wildman–Crippen LogP) is 7.10. The normalized spacial score (nSPS) is 16.0. The highest BCUT2D eigenvalue weighted by Gasteiger charge is 2.33. The molecule has 2 heterocycles. The van der Waals surface area contributed by atoms with Crippen LogP contribution in [-0.4, -0.2) is 18.3 Å². The van der Waals surface area contributed by atoms with Crippen LogP contribution in [0.25, 0.3) is 11.1 Å². The minimum atomic E-state index is -0.0716. The van der Waals surface area contributed by atoms with Gasteiger partial charge >= 0.3 is 0 Å². The monoisotopic (exact) mass is 458 g/mol. The van der Waals surface area contributed by atoms with Crippen LogP contribution in [0.3, 0.4) is 0 Å². The molecule has 0 aliphatic carbocycles. The Hall–Kier alpha value is -3.47. The van der Waals surface area contributed by atoms with E-state index in [1.165, 1.54) is 16.7 Å². The molecule has 1 aromatic heterocycles. The van der Waals surface area contributed by atoms with Gasteiger partial charge in [0.25, 0.3) is 0 Å². The highest BCUT2D eigenvalue weighted by Crippen LogP contribution is 2.36. The molecule has 0 spiro atoms. The first kappa shape index (κ1) is 23.7. The van der Waals surface area contributed by atoms with Gasteiger partial charge < -0.3 is 18.9 Å². The Morgan fingerprint density at radius 2 is 1.79 bits per heavy atom. The second-order valence-corrected chi connectivity index (χ2v) is 8.67. The van der Waals surface area contributed by atoms with Gasteiger partial charge in [-0.3, -0.25) is 0 Å². The summed E-state index contributed by atoms with van der Waals surface area (Å²) in [4.78, 5) is 2.16. The van der Waals surface area contributed by atoms with E-state index in [1.807, 2.05) is 19.9 Å². The number of nitrogens with zero attached hydrogens (tertiary/aromatic N) is 2. The quantitative estimate of drug-likeness (QED) is 0.360. The number of aromatic nitrogens is 1. The van der Waals surface area contributed by atoms with E-state index in [4.69, 9.17) is 14.0 Å². The summed E-state index contributed by atoms with van der Waals surface area (Å²) in [5.74, 6) is 2.31. The molecule has 1 aliphatic rings. The molecule has 5 nitrogen and oxygen atoms in total. The van der Waals surface area contributed by atoms with Crippen molar-refractivity contribution >= 4 is 5.88 Å². The van der Waals surface area contributed by atoms with E-state index in [-0.39, 0.29) is 6.04 Å². The molecule has 0 radical (unpaired) electrons. The van der Waals surface area contributed by atoms with Gasteiger partial charge in [0, 0.05) is 17.3 Å². The molecule has 2 aromatic carbocycles. The Labute approximate surface area is 202 Å². The van der Waals surface area contributed by atoms with Gasteiger partial charge in [0.2, 0.25) is 5.88 Å². The molecule has 0 saturated carbocycles. The fraction of sp³-hybridized carbons (Fsp3) is 0.345. The van der Waals surface area contributed by atoms with Crippen LogP contribution < -0.4 is 4.90 Å². The molecular formula is C29H34N2O3. The van der Waals surface area contributed by atoms with Gasteiger partial charge in [-0.25, -0.2) is 0 Å². The molecule has 178 valence electrons. The Morgan fingerprint density at radius 3 is 2.41 bits per heavy atom. The third-order valence-corrected chi connectivity index (χ3v) is 6.58. The summed E-state index contributed by atoms with van der Waals surface area (Å²) in [6.45, 7) is 10.9. The topological polar surface area (TPSA) is 47.7 Å². The standard InChI is InChI=1S/C29H34N2O3/c1-7-23-16-22(14-15-26(23)24-12-10-9-11-13-24)18-33-27-17-25(8-2)31(21(5)28(27)32-6)29-19(3)20(4)30-34-29/h9-17,21H,7-8,18H2,1-6H3. The molecule has 0 bridgehead atoms. The van der Waals surface area contributed by atoms with Crippen LogP contribution in [0.1, 0.15) is 49.6 Å². The molecule has 5 heteroatoms. The fourth-order valence-electron chi connectivity index (χ4n) is 4.54. The van der Waals surface area contributed by atoms with Crippen LogP contribution in [0.15, 0.2) is 76.3 Å². The average Bonchev–Trinajstić information content (AvgIpc) is 3.20. The molecule has 1 unspecified atom stereocenters. The largest absolute Gasteiger partial charge is 0.495 e. The van der Waals surface area contributed by atoms with E-state index in [0.717, 1.165) is 52.8 Å². The van der Waals surface area contributed by atoms with Crippen LogP contribution in [0, 0.1) is 13.8 Å². The zero-order chi connectivity index (χ0) is 24.2. The SMILES string of the molecule is CCC1=CC(OCc2ccc(-c3ccccc3)c(CC)c2)=C(OC)C(C)N1c1onc(C)c1C. The number of benzene rings is 2. The molecule has 3 aromatic rings. The smallest absolute Gasteiger partial charge is 0.235 e. The van der Waals surface area contributed by atoms with Gasteiger partial charge in [-0.2, -0.15) is 0 Å². The van der Waals surface area contributed by atoms with Crippen LogP contribution in [-0.2, 0) is 22.5 Å². The van der Waals surface area contributed by atoms with Crippen molar-refractivity contribution in [3.05, 3.63) is 94.2 Å². The summed E-state index contributed by atoms with van der Waals surface area (Å²) in [6.07, 6.45) is 3.86. The van der Waals surface area contributed by atoms with Crippen molar-refractivity contribution in [2.45, 2.75) is 60.1 Å². The van der Waals surface area contributed by atoms with Crippen molar-refractivity contribution in [2.24, 2.45) is 0 Å². The number of rotatable bonds is 8. The molecule has 0 amide bonds.